The fraction of sp³-hybridized carbons (Fsp3) is 0.455. The van der Waals surface area contributed by atoms with E-state index in [9.17, 15) is 0 Å². The summed E-state index contributed by atoms with van der Waals surface area (Å²) >= 11 is 6.05. The first-order valence-corrected chi connectivity index (χ1v) is 5.15. The molecular weight excluding hydrogens is 198 g/mol. The number of hydrogen-bond donors (Lipinski definition) is 1. The van der Waals surface area contributed by atoms with E-state index >= 15 is 0 Å². The van der Waals surface area contributed by atoms with Crippen molar-refractivity contribution in [2.75, 3.05) is 25.6 Å². The van der Waals surface area contributed by atoms with Gasteiger partial charge in [-0.15, -0.1) is 11.6 Å². The topological polar surface area (TPSA) is 21.3 Å². The summed E-state index contributed by atoms with van der Waals surface area (Å²) in [6, 6.07) is 8.06. The van der Waals surface area contributed by atoms with Crippen LogP contribution >= 0.6 is 11.6 Å². The van der Waals surface area contributed by atoms with Crippen LogP contribution in [0.5, 0.6) is 0 Å². The molecule has 1 N–H and O–H groups in total. The normalized spacial score (nSPS) is 12.5. The Morgan fingerprint density at radius 3 is 2.79 bits per heavy atom. The van der Waals surface area contributed by atoms with E-state index in [1.807, 2.05) is 31.2 Å². The van der Waals surface area contributed by atoms with Gasteiger partial charge in [0, 0.05) is 19.3 Å². The lowest BCUT2D eigenvalue weighted by Crippen LogP contribution is -2.09. The third-order valence-corrected chi connectivity index (χ3v) is 2.25. The molecule has 14 heavy (non-hydrogen) atoms. The van der Waals surface area contributed by atoms with Crippen molar-refractivity contribution in [3.05, 3.63) is 29.8 Å². The molecule has 0 aliphatic heterocycles. The Morgan fingerprint density at radius 1 is 1.43 bits per heavy atom. The van der Waals surface area contributed by atoms with Crippen LogP contribution in [0, 0.1) is 0 Å². The molecule has 0 spiro atoms. The van der Waals surface area contributed by atoms with Crippen molar-refractivity contribution in [2.24, 2.45) is 0 Å². The summed E-state index contributed by atoms with van der Waals surface area (Å²) in [5, 5.41) is 3.31. The molecule has 0 radical (unpaired) electrons. The summed E-state index contributed by atoms with van der Waals surface area (Å²) in [5.41, 5.74) is 2.22. The van der Waals surface area contributed by atoms with E-state index in [0.717, 1.165) is 17.8 Å². The number of nitrogens with one attached hydrogen (secondary N) is 1. The number of ether oxygens (including phenoxy) is 1. The molecule has 1 unspecified atom stereocenters. The molecule has 1 rings (SSSR count). The fourth-order valence-corrected chi connectivity index (χ4v) is 1.48. The van der Waals surface area contributed by atoms with Gasteiger partial charge in [0.2, 0.25) is 0 Å². The number of rotatable bonds is 5. The van der Waals surface area contributed by atoms with Crippen molar-refractivity contribution in [2.45, 2.75) is 12.3 Å². The summed E-state index contributed by atoms with van der Waals surface area (Å²) in [6.45, 7) is 3.47. The molecular formula is C11H16ClNO. The minimum absolute atomic E-state index is 0.0289. The third kappa shape index (κ3) is 3.20. The summed E-state index contributed by atoms with van der Waals surface area (Å²) in [7, 11) is 1.69. The average molecular weight is 214 g/mol. The lowest BCUT2D eigenvalue weighted by molar-refractivity contribution is 0.211. The number of para-hydroxylation sites is 1. The monoisotopic (exact) mass is 213 g/mol. The third-order valence-electron chi connectivity index (χ3n) is 2.01. The zero-order chi connectivity index (χ0) is 10.4. The first kappa shape index (κ1) is 11.3. The van der Waals surface area contributed by atoms with Crippen LogP contribution in [0.4, 0.5) is 5.69 Å². The van der Waals surface area contributed by atoms with E-state index in [-0.39, 0.29) is 5.38 Å². The van der Waals surface area contributed by atoms with Gasteiger partial charge in [-0.1, -0.05) is 18.2 Å². The molecule has 0 saturated heterocycles. The molecule has 1 aromatic rings. The first-order valence-electron chi connectivity index (χ1n) is 4.71. The Hall–Kier alpha value is -0.730. The van der Waals surface area contributed by atoms with Crippen molar-refractivity contribution in [1.29, 1.82) is 0 Å². The van der Waals surface area contributed by atoms with E-state index in [2.05, 4.69) is 5.32 Å². The lowest BCUT2D eigenvalue weighted by atomic mass is 10.1. The highest BCUT2D eigenvalue weighted by Gasteiger charge is 2.05. The average Bonchev–Trinajstić information content (AvgIpc) is 2.19. The maximum absolute atomic E-state index is 6.05. The molecule has 1 aromatic carbocycles. The predicted octanol–water partition coefficient (Wildman–Crippen LogP) is 3.04. The second-order valence-electron chi connectivity index (χ2n) is 3.12. The van der Waals surface area contributed by atoms with Crippen LogP contribution in [0.25, 0.3) is 0 Å². The highest BCUT2D eigenvalue weighted by Crippen LogP contribution is 2.26. The number of halogens is 1. The second kappa shape index (κ2) is 5.89. The van der Waals surface area contributed by atoms with Gasteiger partial charge in [-0.25, -0.2) is 0 Å². The van der Waals surface area contributed by atoms with Gasteiger partial charge in [-0.3, -0.25) is 0 Å². The highest BCUT2D eigenvalue weighted by atomic mass is 35.5. The van der Waals surface area contributed by atoms with E-state index < -0.39 is 0 Å². The van der Waals surface area contributed by atoms with Gasteiger partial charge in [-0.05, 0) is 18.6 Å². The van der Waals surface area contributed by atoms with Gasteiger partial charge in [0.15, 0.2) is 0 Å². The van der Waals surface area contributed by atoms with Crippen molar-refractivity contribution < 1.29 is 4.74 Å². The number of anilines is 1. The number of hydrogen-bond acceptors (Lipinski definition) is 2. The number of methoxy groups -OCH3 is 1. The maximum Gasteiger partial charge on any atom is 0.0635 e. The van der Waals surface area contributed by atoms with Gasteiger partial charge in [0.1, 0.15) is 0 Å². The quantitative estimate of drug-likeness (QED) is 0.600. The molecule has 3 heteroatoms. The summed E-state index contributed by atoms with van der Waals surface area (Å²) < 4.78 is 4.97. The second-order valence-corrected chi connectivity index (χ2v) is 3.78. The molecule has 0 aromatic heterocycles. The molecule has 2 nitrogen and oxygen atoms in total. The number of benzene rings is 1. The van der Waals surface area contributed by atoms with Crippen LogP contribution in [0.3, 0.4) is 0 Å². The van der Waals surface area contributed by atoms with Gasteiger partial charge >= 0.3 is 0 Å². The predicted molar refractivity (Wildman–Crippen MR) is 61.1 cm³/mol. The van der Waals surface area contributed by atoms with Crippen LogP contribution in [0.1, 0.15) is 17.9 Å². The summed E-state index contributed by atoms with van der Waals surface area (Å²) in [6.07, 6.45) is 0. The molecule has 0 bridgehead atoms. The van der Waals surface area contributed by atoms with Crippen LogP contribution < -0.4 is 5.32 Å². The molecule has 1 atom stereocenters. The van der Waals surface area contributed by atoms with Crippen molar-refractivity contribution in [1.82, 2.24) is 0 Å². The molecule has 78 valence electrons. The van der Waals surface area contributed by atoms with E-state index in [1.54, 1.807) is 7.11 Å². The molecule has 0 heterocycles. The standard InChI is InChI=1S/C11H16ClNO/c1-9(12)10-5-3-4-6-11(10)13-7-8-14-2/h3-6,9,13H,7-8H2,1-2H3. The Kier molecular flexibility index (Phi) is 4.77. The van der Waals surface area contributed by atoms with Crippen molar-refractivity contribution in [3.63, 3.8) is 0 Å². The Morgan fingerprint density at radius 2 is 2.14 bits per heavy atom. The first-order chi connectivity index (χ1) is 6.75. The maximum atomic E-state index is 6.05. The van der Waals surface area contributed by atoms with E-state index in [0.29, 0.717) is 6.61 Å². The van der Waals surface area contributed by atoms with Crippen LogP contribution in [-0.2, 0) is 4.74 Å². The number of alkyl halides is 1. The zero-order valence-corrected chi connectivity index (χ0v) is 9.34. The summed E-state index contributed by atoms with van der Waals surface area (Å²) in [5.74, 6) is 0. The molecule has 0 fully saturated rings. The van der Waals surface area contributed by atoms with Crippen LogP contribution in [0.2, 0.25) is 0 Å². The van der Waals surface area contributed by atoms with Gasteiger partial charge < -0.3 is 10.1 Å². The highest BCUT2D eigenvalue weighted by molar-refractivity contribution is 6.21. The van der Waals surface area contributed by atoms with Gasteiger partial charge in [0.25, 0.3) is 0 Å². The van der Waals surface area contributed by atoms with E-state index in [1.165, 1.54) is 0 Å². The Labute approximate surface area is 90.2 Å². The lowest BCUT2D eigenvalue weighted by Gasteiger charge is -2.12. The van der Waals surface area contributed by atoms with Crippen LogP contribution in [0.15, 0.2) is 24.3 Å². The van der Waals surface area contributed by atoms with Crippen LogP contribution in [-0.4, -0.2) is 20.3 Å². The fourth-order valence-electron chi connectivity index (χ4n) is 1.29. The summed E-state index contributed by atoms with van der Waals surface area (Å²) in [4.78, 5) is 0. The van der Waals surface area contributed by atoms with Crippen molar-refractivity contribution >= 4 is 17.3 Å². The van der Waals surface area contributed by atoms with Gasteiger partial charge in [0.05, 0.1) is 12.0 Å². The van der Waals surface area contributed by atoms with Crippen molar-refractivity contribution in [3.8, 4) is 0 Å². The molecule has 0 saturated carbocycles. The SMILES string of the molecule is COCCNc1ccccc1C(C)Cl. The zero-order valence-electron chi connectivity index (χ0n) is 8.59. The smallest absolute Gasteiger partial charge is 0.0635 e. The minimum atomic E-state index is 0.0289. The largest absolute Gasteiger partial charge is 0.383 e. The molecule has 0 amide bonds. The van der Waals surface area contributed by atoms with E-state index in [4.69, 9.17) is 16.3 Å². The van der Waals surface area contributed by atoms with Gasteiger partial charge in [-0.2, -0.15) is 0 Å². The Bertz CT molecular complexity index is 276. The molecule has 0 aliphatic rings. The Balaban J connectivity index is 2.64. The minimum Gasteiger partial charge on any atom is -0.383 e. The molecule has 0 aliphatic carbocycles.